The first-order chi connectivity index (χ1) is 8.88. The lowest BCUT2D eigenvalue weighted by Gasteiger charge is -2.07. The van der Waals surface area contributed by atoms with Crippen molar-refractivity contribution in [2.45, 2.75) is 12.7 Å². The van der Waals surface area contributed by atoms with E-state index >= 15 is 0 Å². The van der Waals surface area contributed by atoms with Gasteiger partial charge in [-0.25, -0.2) is 0 Å². The Bertz CT molecular complexity index is 578. The van der Waals surface area contributed by atoms with Gasteiger partial charge in [0.1, 0.15) is 5.75 Å². The Kier molecular flexibility index (Phi) is 3.37. The van der Waals surface area contributed by atoms with Crippen molar-refractivity contribution in [3.8, 4) is 5.75 Å². The standard InChI is InChI=1S/C12H12F3N3O/c1-19-11-3-8(2-10(16)4-11)6-18-7-9(5-17-18)12(13,14)15/h2-5,7H,6,16H2,1H3. The minimum Gasteiger partial charge on any atom is -0.497 e. The smallest absolute Gasteiger partial charge is 0.419 e. The molecule has 2 aromatic rings. The summed E-state index contributed by atoms with van der Waals surface area (Å²) in [5, 5.41) is 3.68. The van der Waals surface area contributed by atoms with Crippen LogP contribution in [0.1, 0.15) is 11.1 Å². The Morgan fingerprint density at radius 1 is 1.32 bits per heavy atom. The number of nitrogen functional groups attached to an aromatic ring is 1. The SMILES string of the molecule is COc1cc(N)cc(Cn2cc(C(F)(F)F)cn2)c1. The van der Waals surface area contributed by atoms with Gasteiger partial charge in [0.25, 0.3) is 0 Å². The highest BCUT2D eigenvalue weighted by Gasteiger charge is 2.32. The summed E-state index contributed by atoms with van der Waals surface area (Å²) in [6.45, 7) is 0.192. The van der Waals surface area contributed by atoms with Gasteiger partial charge < -0.3 is 10.5 Å². The van der Waals surface area contributed by atoms with E-state index in [9.17, 15) is 13.2 Å². The van der Waals surface area contributed by atoms with Crippen LogP contribution in [-0.4, -0.2) is 16.9 Å². The highest BCUT2D eigenvalue weighted by atomic mass is 19.4. The number of nitrogens with two attached hydrogens (primary N) is 1. The lowest BCUT2D eigenvalue weighted by Crippen LogP contribution is -2.04. The van der Waals surface area contributed by atoms with Gasteiger partial charge in [-0.05, 0) is 17.7 Å². The summed E-state index contributed by atoms with van der Waals surface area (Å²) in [5.74, 6) is 0.554. The molecule has 0 spiro atoms. The molecule has 1 aromatic carbocycles. The molecular formula is C12H12F3N3O. The molecule has 0 saturated carbocycles. The van der Waals surface area contributed by atoms with E-state index in [1.807, 2.05) is 0 Å². The zero-order chi connectivity index (χ0) is 14.0. The van der Waals surface area contributed by atoms with Crippen LogP contribution in [0.4, 0.5) is 18.9 Å². The van der Waals surface area contributed by atoms with Gasteiger partial charge in [0.05, 0.1) is 25.4 Å². The van der Waals surface area contributed by atoms with E-state index in [-0.39, 0.29) is 6.54 Å². The van der Waals surface area contributed by atoms with Crippen LogP contribution in [0.5, 0.6) is 5.75 Å². The fourth-order valence-electron chi connectivity index (χ4n) is 1.68. The first-order valence-corrected chi connectivity index (χ1v) is 5.41. The van der Waals surface area contributed by atoms with Crippen molar-refractivity contribution in [1.82, 2.24) is 9.78 Å². The third kappa shape index (κ3) is 3.18. The molecular weight excluding hydrogens is 259 g/mol. The molecule has 7 heteroatoms. The minimum absolute atomic E-state index is 0.192. The molecule has 0 radical (unpaired) electrons. The number of nitrogens with zero attached hydrogens (tertiary/aromatic N) is 2. The van der Waals surface area contributed by atoms with Gasteiger partial charge in [-0.3, -0.25) is 4.68 Å². The molecule has 0 unspecified atom stereocenters. The van der Waals surface area contributed by atoms with E-state index in [2.05, 4.69) is 5.10 Å². The molecule has 0 aliphatic heterocycles. The third-order valence-corrected chi connectivity index (χ3v) is 2.53. The van der Waals surface area contributed by atoms with E-state index < -0.39 is 11.7 Å². The van der Waals surface area contributed by atoms with Crippen molar-refractivity contribution >= 4 is 5.69 Å². The number of hydrogen-bond acceptors (Lipinski definition) is 3. The molecule has 0 aliphatic carbocycles. The molecule has 1 aromatic heterocycles. The minimum atomic E-state index is -4.38. The quantitative estimate of drug-likeness (QED) is 0.873. The second kappa shape index (κ2) is 4.83. The summed E-state index contributed by atoms with van der Waals surface area (Å²) in [5.41, 5.74) is 6.10. The molecule has 0 fully saturated rings. The van der Waals surface area contributed by atoms with Crippen molar-refractivity contribution < 1.29 is 17.9 Å². The molecule has 0 atom stereocenters. The molecule has 102 valence electrons. The molecule has 0 amide bonds. The molecule has 1 heterocycles. The highest BCUT2D eigenvalue weighted by Crippen LogP contribution is 2.28. The fourth-order valence-corrected chi connectivity index (χ4v) is 1.68. The topological polar surface area (TPSA) is 53.1 Å². The van der Waals surface area contributed by atoms with Crippen molar-refractivity contribution in [2.24, 2.45) is 0 Å². The van der Waals surface area contributed by atoms with E-state index in [0.29, 0.717) is 17.0 Å². The van der Waals surface area contributed by atoms with Crippen LogP contribution in [0, 0.1) is 0 Å². The summed E-state index contributed by atoms with van der Waals surface area (Å²) >= 11 is 0. The van der Waals surface area contributed by atoms with E-state index in [4.69, 9.17) is 10.5 Å². The predicted molar refractivity (Wildman–Crippen MR) is 63.7 cm³/mol. The van der Waals surface area contributed by atoms with Crippen LogP contribution in [-0.2, 0) is 12.7 Å². The van der Waals surface area contributed by atoms with Crippen LogP contribution in [0.15, 0.2) is 30.6 Å². The molecule has 19 heavy (non-hydrogen) atoms. The van der Waals surface area contributed by atoms with Gasteiger partial charge in [-0.1, -0.05) is 0 Å². The summed E-state index contributed by atoms with van der Waals surface area (Å²) in [4.78, 5) is 0. The summed E-state index contributed by atoms with van der Waals surface area (Å²) in [7, 11) is 1.49. The molecule has 4 nitrogen and oxygen atoms in total. The van der Waals surface area contributed by atoms with Crippen molar-refractivity contribution in [3.63, 3.8) is 0 Å². The number of rotatable bonds is 3. The number of anilines is 1. The van der Waals surface area contributed by atoms with E-state index in [1.54, 1.807) is 18.2 Å². The van der Waals surface area contributed by atoms with Gasteiger partial charge in [0.15, 0.2) is 0 Å². The maximum atomic E-state index is 12.4. The van der Waals surface area contributed by atoms with Crippen molar-refractivity contribution in [2.75, 3.05) is 12.8 Å². The first-order valence-electron chi connectivity index (χ1n) is 5.41. The Balaban J connectivity index is 2.21. The number of benzene rings is 1. The van der Waals surface area contributed by atoms with Crippen LogP contribution >= 0.6 is 0 Å². The van der Waals surface area contributed by atoms with Crippen LogP contribution in [0.25, 0.3) is 0 Å². The van der Waals surface area contributed by atoms with E-state index in [1.165, 1.54) is 11.8 Å². The average molecular weight is 271 g/mol. The number of ether oxygens (including phenoxy) is 1. The summed E-state index contributed by atoms with van der Waals surface area (Å²) < 4.78 is 43.5. The number of hydrogen-bond donors (Lipinski definition) is 1. The molecule has 2 rings (SSSR count). The maximum Gasteiger partial charge on any atom is 0.419 e. The number of aromatic nitrogens is 2. The van der Waals surface area contributed by atoms with Gasteiger partial charge in [0.2, 0.25) is 0 Å². The van der Waals surface area contributed by atoms with Crippen LogP contribution in [0.2, 0.25) is 0 Å². The van der Waals surface area contributed by atoms with Gasteiger partial charge in [0, 0.05) is 18.0 Å². The molecule has 2 N–H and O–H groups in total. The normalized spacial score (nSPS) is 11.6. The fraction of sp³-hybridized carbons (Fsp3) is 0.250. The predicted octanol–water partition coefficient (Wildman–Crippen LogP) is 2.54. The van der Waals surface area contributed by atoms with E-state index in [0.717, 1.165) is 12.4 Å². The average Bonchev–Trinajstić information content (AvgIpc) is 2.76. The second-order valence-electron chi connectivity index (χ2n) is 4.04. The zero-order valence-corrected chi connectivity index (χ0v) is 10.1. The number of halogens is 3. The summed E-state index contributed by atoms with van der Waals surface area (Å²) in [6, 6.07) is 5.00. The Labute approximate surface area is 107 Å². The zero-order valence-electron chi connectivity index (χ0n) is 10.1. The van der Waals surface area contributed by atoms with Crippen molar-refractivity contribution in [3.05, 3.63) is 41.7 Å². The van der Waals surface area contributed by atoms with Crippen LogP contribution in [0.3, 0.4) is 0 Å². The Morgan fingerprint density at radius 2 is 2.05 bits per heavy atom. The Morgan fingerprint density at radius 3 is 2.63 bits per heavy atom. The largest absolute Gasteiger partial charge is 0.497 e. The monoisotopic (exact) mass is 271 g/mol. The van der Waals surface area contributed by atoms with Gasteiger partial charge >= 0.3 is 6.18 Å². The Hall–Kier alpha value is -2.18. The highest BCUT2D eigenvalue weighted by molar-refractivity contribution is 5.47. The molecule has 0 saturated heterocycles. The first kappa shape index (κ1) is 13.3. The maximum absolute atomic E-state index is 12.4. The second-order valence-corrected chi connectivity index (χ2v) is 4.04. The third-order valence-electron chi connectivity index (χ3n) is 2.53. The van der Waals surface area contributed by atoms with Gasteiger partial charge in [-0.2, -0.15) is 18.3 Å². The summed E-state index contributed by atoms with van der Waals surface area (Å²) in [6.07, 6.45) is -2.63. The molecule has 0 bridgehead atoms. The number of methoxy groups -OCH3 is 1. The van der Waals surface area contributed by atoms with Crippen LogP contribution < -0.4 is 10.5 Å². The van der Waals surface area contributed by atoms with Crippen molar-refractivity contribution in [1.29, 1.82) is 0 Å². The van der Waals surface area contributed by atoms with Gasteiger partial charge in [-0.15, -0.1) is 0 Å². The number of alkyl halides is 3. The molecule has 0 aliphatic rings. The lowest BCUT2D eigenvalue weighted by molar-refractivity contribution is -0.137. The lowest BCUT2D eigenvalue weighted by atomic mass is 10.2.